The molecule has 6 heteroatoms. The van der Waals surface area contributed by atoms with Gasteiger partial charge in [0.25, 0.3) is 0 Å². The first-order valence-electron chi connectivity index (χ1n) is 6.57. The molecule has 2 amide bonds. The maximum absolute atomic E-state index is 11.8. The van der Waals surface area contributed by atoms with Crippen molar-refractivity contribution in [3.05, 3.63) is 24.0 Å². The molecule has 0 bridgehead atoms. The second-order valence-electron chi connectivity index (χ2n) is 5.77. The molecule has 0 spiro atoms. The Morgan fingerprint density at radius 3 is 2.85 bits per heavy atom. The first kappa shape index (κ1) is 14.3. The molecule has 2 rings (SSSR count). The van der Waals surface area contributed by atoms with E-state index in [0.717, 1.165) is 0 Å². The van der Waals surface area contributed by atoms with Crippen molar-refractivity contribution in [1.29, 1.82) is 0 Å². The Balaban J connectivity index is 2.12. The molecule has 1 fully saturated rings. The summed E-state index contributed by atoms with van der Waals surface area (Å²) in [6.45, 7) is 5.95. The highest BCUT2D eigenvalue weighted by Crippen LogP contribution is 2.27. The third-order valence-corrected chi connectivity index (χ3v) is 2.84. The van der Waals surface area contributed by atoms with Gasteiger partial charge < -0.3 is 10.1 Å². The van der Waals surface area contributed by atoms with Gasteiger partial charge in [-0.3, -0.25) is 15.1 Å². The summed E-state index contributed by atoms with van der Waals surface area (Å²) in [6.07, 6.45) is 1.52. The van der Waals surface area contributed by atoms with E-state index in [-0.39, 0.29) is 11.8 Å². The van der Waals surface area contributed by atoms with Gasteiger partial charge in [-0.05, 0) is 32.9 Å². The summed E-state index contributed by atoms with van der Waals surface area (Å²) in [5.74, 6) is -0.0162. The van der Waals surface area contributed by atoms with Crippen LogP contribution >= 0.6 is 0 Å². The molecular formula is C14H19N3O3. The fourth-order valence-electron chi connectivity index (χ4n) is 2.06. The van der Waals surface area contributed by atoms with Crippen molar-refractivity contribution in [2.24, 2.45) is 0 Å². The van der Waals surface area contributed by atoms with Gasteiger partial charge in [0.05, 0.1) is 11.4 Å². The number of nitrogens with one attached hydrogen (secondary N) is 2. The standard InChI is InChI=1S/C14H19N3O3/c1-14(2,3)20-13(19)17-10-5-4-6-15-12(10)9-7-11(18)16-8-9/h4-6,9H,7-8H2,1-3H3,(H,16,18)(H,17,19). The molecule has 0 aliphatic carbocycles. The van der Waals surface area contributed by atoms with Gasteiger partial charge in [0, 0.05) is 25.1 Å². The van der Waals surface area contributed by atoms with Crippen LogP contribution < -0.4 is 10.6 Å². The number of hydrogen-bond acceptors (Lipinski definition) is 4. The summed E-state index contributed by atoms with van der Waals surface area (Å²) in [5.41, 5.74) is 0.733. The molecule has 0 aromatic carbocycles. The predicted molar refractivity (Wildman–Crippen MR) is 74.5 cm³/mol. The van der Waals surface area contributed by atoms with Gasteiger partial charge >= 0.3 is 6.09 Å². The van der Waals surface area contributed by atoms with Crippen LogP contribution in [0.4, 0.5) is 10.5 Å². The summed E-state index contributed by atoms with van der Waals surface area (Å²) >= 11 is 0. The number of anilines is 1. The number of pyridine rings is 1. The second-order valence-corrected chi connectivity index (χ2v) is 5.77. The lowest BCUT2D eigenvalue weighted by molar-refractivity contribution is -0.119. The van der Waals surface area contributed by atoms with Crippen molar-refractivity contribution in [2.45, 2.75) is 38.7 Å². The third kappa shape index (κ3) is 3.69. The molecule has 108 valence electrons. The average molecular weight is 277 g/mol. The highest BCUT2D eigenvalue weighted by Gasteiger charge is 2.27. The van der Waals surface area contributed by atoms with Crippen molar-refractivity contribution >= 4 is 17.7 Å². The number of carbonyl (C=O) groups is 2. The van der Waals surface area contributed by atoms with Crippen LogP contribution in [-0.2, 0) is 9.53 Å². The predicted octanol–water partition coefficient (Wildman–Crippen LogP) is 2.03. The zero-order chi connectivity index (χ0) is 14.8. The van der Waals surface area contributed by atoms with Crippen molar-refractivity contribution in [1.82, 2.24) is 10.3 Å². The van der Waals surface area contributed by atoms with Crippen LogP contribution in [0.3, 0.4) is 0 Å². The Morgan fingerprint density at radius 2 is 2.25 bits per heavy atom. The summed E-state index contributed by atoms with van der Waals surface area (Å²) in [5, 5.41) is 5.46. The quantitative estimate of drug-likeness (QED) is 0.866. The SMILES string of the molecule is CC(C)(C)OC(=O)Nc1cccnc1C1CNC(=O)C1. The van der Waals surface area contributed by atoms with Crippen LogP contribution in [0.2, 0.25) is 0 Å². The summed E-state index contributed by atoms with van der Waals surface area (Å²) in [6, 6.07) is 3.50. The number of rotatable bonds is 2. The van der Waals surface area contributed by atoms with Gasteiger partial charge in [0.1, 0.15) is 5.60 Å². The molecular weight excluding hydrogens is 258 g/mol. The Morgan fingerprint density at radius 1 is 1.50 bits per heavy atom. The second kappa shape index (κ2) is 5.48. The molecule has 6 nitrogen and oxygen atoms in total. The van der Waals surface area contributed by atoms with Crippen LogP contribution in [0.1, 0.15) is 38.8 Å². The van der Waals surface area contributed by atoms with Crippen LogP contribution in [0.15, 0.2) is 18.3 Å². The molecule has 0 saturated carbocycles. The van der Waals surface area contributed by atoms with Gasteiger partial charge in [-0.15, -0.1) is 0 Å². The van der Waals surface area contributed by atoms with Crippen LogP contribution in [0.5, 0.6) is 0 Å². The van der Waals surface area contributed by atoms with E-state index in [9.17, 15) is 9.59 Å². The molecule has 20 heavy (non-hydrogen) atoms. The number of hydrogen-bond donors (Lipinski definition) is 2. The minimum atomic E-state index is -0.558. The fourth-order valence-corrected chi connectivity index (χ4v) is 2.06. The summed E-state index contributed by atoms with van der Waals surface area (Å²) in [4.78, 5) is 27.4. The monoisotopic (exact) mass is 277 g/mol. The van der Waals surface area contributed by atoms with Gasteiger partial charge in [-0.25, -0.2) is 4.79 Å². The number of ether oxygens (including phenoxy) is 1. The van der Waals surface area contributed by atoms with Gasteiger partial charge in [0.2, 0.25) is 5.91 Å². The third-order valence-electron chi connectivity index (χ3n) is 2.84. The molecule has 1 atom stereocenters. The first-order valence-corrected chi connectivity index (χ1v) is 6.57. The maximum Gasteiger partial charge on any atom is 0.412 e. The van der Waals surface area contributed by atoms with Crippen LogP contribution in [0, 0.1) is 0 Å². The molecule has 1 aliphatic heterocycles. The van der Waals surface area contributed by atoms with E-state index >= 15 is 0 Å². The van der Waals surface area contributed by atoms with E-state index in [1.807, 2.05) is 0 Å². The number of carbonyl (C=O) groups excluding carboxylic acids is 2. The average Bonchev–Trinajstić information content (AvgIpc) is 2.74. The van der Waals surface area contributed by atoms with Crippen molar-refractivity contribution in [3.8, 4) is 0 Å². The zero-order valence-electron chi connectivity index (χ0n) is 11.9. The van der Waals surface area contributed by atoms with E-state index in [2.05, 4.69) is 15.6 Å². The van der Waals surface area contributed by atoms with Crippen molar-refractivity contribution in [2.75, 3.05) is 11.9 Å². The lowest BCUT2D eigenvalue weighted by atomic mass is 10.0. The van der Waals surface area contributed by atoms with E-state index in [1.165, 1.54) is 0 Å². The summed E-state index contributed by atoms with van der Waals surface area (Å²) in [7, 11) is 0. The number of amides is 2. The lowest BCUT2D eigenvalue weighted by Gasteiger charge is -2.20. The molecule has 1 aliphatic rings. The van der Waals surface area contributed by atoms with Crippen molar-refractivity contribution in [3.63, 3.8) is 0 Å². The smallest absolute Gasteiger partial charge is 0.412 e. The van der Waals surface area contributed by atoms with Crippen LogP contribution in [0.25, 0.3) is 0 Å². The molecule has 0 radical (unpaired) electrons. The molecule has 2 N–H and O–H groups in total. The highest BCUT2D eigenvalue weighted by atomic mass is 16.6. The van der Waals surface area contributed by atoms with E-state index in [0.29, 0.717) is 24.3 Å². The number of aromatic nitrogens is 1. The largest absolute Gasteiger partial charge is 0.444 e. The molecule has 2 heterocycles. The number of nitrogens with zero attached hydrogens (tertiary/aromatic N) is 1. The minimum absolute atomic E-state index is 0.00358. The maximum atomic E-state index is 11.8. The fraction of sp³-hybridized carbons (Fsp3) is 0.500. The highest BCUT2D eigenvalue weighted by molar-refractivity contribution is 5.86. The Kier molecular flexibility index (Phi) is 3.92. The Bertz CT molecular complexity index is 523. The van der Waals surface area contributed by atoms with Gasteiger partial charge in [-0.2, -0.15) is 0 Å². The van der Waals surface area contributed by atoms with Gasteiger partial charge in [-0.1, -0.05) is 0 Å². The molecule has 1 aromatic heterocycles. The Labute approximate surface area is 117 Å². The topological polar surface area (TPSA) is 80.3 Å². The van der Waals surface area contributed by atoms with Crippen molar-refractivity contribution < 1.29 is 14.3 Å². The van der Waals surface area contributed by atoms with E-state index < -0.39 is 11.7 Å². The van der Waals surface area contributed by atoms with E-state index in [1.54, 1.807) is 39.1 Å². The normalized spacial score (nSPS) is 18.6. The first-order chi connectivity index (χ1) is 9.35. The van der Waals surface area contributed by atoms with E-state index in [4.69, 9.17) is 4.74 Å². The zero-order valence-corrected chi connectivity index (χ0v) is 11.9. The summed E-state index contributed by atoms with van der Waals surface area (Å²) < 4.78 is 5.22. The molecule has 1 aromatic rings. The Hall–Kier alpha value is -2.11. The minimum Gasteiger partial charge on any atom is -0.444 e. The van der Waals surface area contributed by atoms with Gasteiger partial charge in [0.15, 0.2) is 0 Å². The molecule has 1 unspecified atom stereocenters. The molecule has 1 saturated heterocycles. The van der Waals surface area contributed by atoms with Crippen LogP contribution in [-0.4, -0.2) is 29.1 Å². The lowest BCUT2D eigenvalue weighted by Crippen LogP contribution is -2.27.